The average Bonchev–Trinajstić information content (AvgIpc) is 2.30. The third kappa shape index (κ3) is 2.72. The lowest BCUT2D eigenvalue weighted by molar-refractivity contribution is 0.598. The van der Waals surface area contributed by atoms with Crippen LogP contribution >= 0.6 is 7.80 Å². The lowest BCUT2D eigenvalue weighted by atomic mass is 10.4. The van der Waals surface area contributed by atoms with E-state index in [9.17, 15) is 4.57 Å². The van der Waals surface area contributed by atoms with Gasteiger partial charge in [-0.1, -0.05) is 41.0 Å². The van der Waals surface area contributed by atoms with E-state index < -0.39 is 7.80 Å². The molecule has 3 heteroatoms. The maximum Gasteiger partial charge on any atom is 0.415 e. The molecule has 0 radical (unpaired) electrons. The monoisotopic (exact) mass is 218 g/mol. The summed E-state index contributed by atoms with van der Waals surface area (Å²) in [4.78, 5) is 0. The van der Waals surface area contributed by atoms with Gasteiger partial charge >= 0.3 is 7.80 Å². The molecule has 0 unspecified atom stereocenters. The summed E-state index contributed by atoms with van der Waals surface area (Å²) in [7, 11) is -1.42. The van der Waals surface area contributed by atoms with Gasteiger partial charge in [-0.15, -0.1) is 0 Å². The van der Waals surface area contributed by atoms with Gasteiger partial charge in [0.25, 0.3) is 0 Å². The molecule has 0 amide bonds. The van der Waals surface area contributed by atoms with E-state index in [2.05, 4.69) is 0 Å². The van der Waals surface area contributed by atoms with E-state index in [0.29, 0.717) is 0 Å². The Balaban J connectivity index is 0.00000112. The molecule has 2 aromatic carbocycles. The van der Waals surface area contributed by atoms with Crippen molar-refractivity contribution in [2.24, 2.45) is 0 Å². The number of benzene rings is 2. The van der Waals surface area contributed by atoms with E-state index >= 15 is 0 Å². The maximum atomic E-state index is 12.0. The normalized spacial score (nSPS) is 9.07. The van der Waals surface area contributed by atoms with Crippen LogP contribution in [0.1, 0.15) is 0 Å². The second-order valence-electron chi connectivity index (χ2n) is 2.97. The molecule has 15 heavy (non-hydrogen) atoms. The molecule has 2 rings (SSSR count). The molecular formula is C12H13NOP+. The highest BCUT2D eigenvalue weighted by Gasteiger charge is 2.21. The molecule has 0 bridgehead atoms. The third-order valence-corrected chi connectivity index (χ3v) is 3.52. The highest BCUT2D eigenvalue weighted by molar-refractivity contribution is 7.61. The topological polar surface area (TPSA) is 52.1 Å². The van der Waals surface area contributed by atoms with Gasteiger partial charge < -0.3 is 6.15 Å². The van der Waals surface area contributed by atoms with E-state index in [1.54, 1.807) is 0 Å². The maximum absolute atomic E-state index is 12.0. The first-order chi connectivity index (χ1) is 6.88. The Morgan fingerprint density at radius 3 is 1.33 bits per heavy atom. The van der Waals surface area contributed by atoms with Gasteiger partial charge in [-0.3, -0.25) is 0 Å². The molecule has 0 heterocycles. The minimum atomic E-state index is -1.42. The largest absolute Gasteiger partial charge is 0.415 e. The second kappa shape index (κ2) is 5.40. The Morgan fingerprint density at radius 1 is 0.667 bits per heavy atom. The second-order valence-corrected chi connectivity index (χ2v) is 4.59. The van der Waals surface area contributed by atoms with Gasteiger partial charge in [-0.2, -0.15) is 0 Å². The zero-order valence-corrected chi connectivity index (χ0v) is 9.23. The molecular weight excluding hydrogens is 205 g/mol. The van der Waals surface area contributed by atoms with Crippen LogP contribution in [0, 0.1) is 0 Å². The van der Waals surface area contributed by atoms with Crippen molar-refractivity contribution in [2.75, 3.05) is 0 Å². The first-order valence-corrected chi connectivity index (χ1v) is 5.71. The van der Waals surface area contributed by atoms with Crippen molar-refractivity contribution in [3.63, 3.8) is 0 Å². The minimum absolute atomic E-state index is 0. The van der Waals surface area contributed by atoms with Crippen LogP contribution in [0.25, 0.3) is 0 Å². The van der Waals surface area contributed by atoms with Crippen molar-refractivity contribution in [2.45, 2.75) is 0 Å². The van der Waals surface area contributed by atoms with Crippen molar-refractivity contribution in [1.82, 2.24) is 6.15 Å². The molecule has 0 saturated heterocycles. The summed E-state index contributed by atoms with van der Waals surface area (Å²) in [6, 6.07) is 19.1. The van der Waals surface area contributed by atoms with Crippen molar-refractivity contribution >= 4 is 18.4 Å². The van der Waals surface area contributed by atoms with Gasteiger partial charge in [0.1, 0.15) is 0 Å². The molecule has 2 nitrogen and oxygen atoms in total. The lowest BCUT2D eigenvalue weighted by Gasteiger charge is -1.87. The highest BCUT2D eigenvalue weighted by Crippen LogP contribution is 2.18. The SMILES string of the molecule is N.O=[P+](c1ccccc1)c1ccccc1. The predicted molar refractivity (Wildman–Crippen MR) is 64.8 cm³/mol. The molecule has 76 valence electrons. The molecule has 0 aliphatic rings. The Morgan fingerprint density at radius 2 is 1.00 bits per heavy atom. The van der Waals surface area contributed by atoms with Crippen LogP contribution in [0.15, 0.2) is 60.7 Å². The fourth-order valence-electron chi connectivity index (χ4n) is 1.28. The molecule has 0 aliphatic heterocycles. The number of hydrogen-bond donors (Lipinski definition) is 1. The molecule has 0 aromatic heterocycles. The fourth-order valence-corrected chi connectivity index (χ4v) is 2.46. The molecule has 2 aromatic rings. The smallest absolute Gasteiger partial charge is 0.344 e. The van der Waals surface area contributed by atoms with Gasteiger partial charge in [0.15, 0.2) is 10.6 Å². The van der Waals surface area contributed by atoms with E-state index in [1.807, 2.05) is 60.7 Å². The summed E-state index contributed by atoms with van der Waals surface area (Å²) < 4.78 is 12.0. The summed E-state index contributed by atoms with van der Waals surface area (Å²) in [5, 5.41) is 1.77. The number of hydrogen-bond acceptors (Lipinski definition) is 2. The zero-order chi connectivity index (χ0) is 9.80. The summed E-state index contributed by atoms with van der Waals surface area (Å²) in [6.07, 6.45) is 0. The van der Waals surface area contributed by atoms with Crippen LogP contribution in [0.2, 0.25) is 0 Å². The van der Waals surface area contributed by atoms with Gasteiger partial charge in [-0.25, -0.2) is 0 Å². The van der Waals surface area contributed by atoms with Crippen molar-refractivity contribution in [3.05, 3.63) is 60.7 Å². The quantitative estimate of drug-likeness (QED) is 0.788. The first kappa shape index (κ1) is 11.6. The molecule has 3 N–H and O–H groups in total. The van der Waals surface area contributed by atoms with Crippen LogP contribution in [-0.4, -0.2) is 0 Å². The van der Waals surface area contributed by atoms with Crippen LogP contribution in [0.5, 0.6) is 0 Å². The van der Waals surface area contributed by atoms with Crippen LogP contribution < -0.4 is 16.8 Å². The Kier molecular flexibility index (Phi) is 4.17. The summed E-state index contributed by atoms with van der Waals surface area (Å²) in [5.74, 6) is 0. The Bertz CT molecular complexity index is 386. The van der Waals surface area contributed by atoms with Crippen molar-refractivity contribution in [3.8, 4) is 0 Å². The minimum Gasteiger partial charge on any atom is -0.344 e. The molecule has 0 atom stereocenters. The predicted octanol–water partition coefficient (Wildman–Crippen LogP) is 2.63. The van der Waals surface area contributed by atoms with Crippen molar-refractivity contribution in [1.29, 1.82) is 0 Å². The van der Waals surface area contributed by atoms with E-state index in [4.69, 9.17) is 0 Å². The van der Waals surface area contributed by atoms with Gasteiger partial charge in [0, 0.05) is 0 Å². The Labute approximate surface area is 90.3 Å². The van der Waals surface area contributed by atoms with Crippen molar-refractivity contribution < 1.29 is 4.57 Å². The van der Waals surface area contributed by atoms with E-state index in [1.165, 1.54) is 0 Å². The summed E-state index contributed by atoms with van der Waals surface area (Å²) in [5.41, 5.74) is 0. The highest BCUT2D eigenvalue weighted by atomic mass is 31.1. The molecule has 0 aliphatic carbocycles. The molecule has 0 fully saturated rings. The average molecular weight is 218 g/mol. The fraction of sp³-hybridized carbons (Fsp3) is 0. The van der Waals surface area contributed by atoms with Gasteiger partial charge in [-0.05, 0) is 24.3 Å². The zero-order valence-electron chi connectivity index (χ0n) is 8.34. The standard InChI is InChI=1S/C12H10OP.H3N/c13-14(11-7-3-1-4-8-11)12-9-5-2-6-10-12;/h1-10H;1H3/q+1;. The van der Waals surface area contributed by atoms with Gasteiger partial charge in [0.2, 0.25) is 0 Å². The van der Waals surface area contributed by atoms with Gasteiger partial charge in [0.05, 0.1) is 0 Å². The molecule has 0 saturated carbocycles. The first-order valence-electron chi connectivity index (χ1n) is 4.45. The van der Waals surface area contributed by atoms with Crippen LogP contribution in [0.3, 0.4) is 0 Å². The van der Waals surface area contributed by atoms with Crippen LogP contribution in [-0.2, 0) is 4.57 Å². The third-order valence-electron chi connectivity index (χ3n) is 1.98. The van der Waals surface area contributed by atoms with E-state index in [-0.39, 0.29) is 6.15 Å². The van der Waals surface area contributed by atoms with Crippen LogP contribution in [0.4, 0.5) is 0 Å². The Hall–Kier alpha value is -1.50. The van der Waals surface area contributed by atoms with E-state index in [0.717, 1.165) is 10.6 Å². The molecule has 0 spiro atoms. The summed E-state index contributed by atoms with van der Waals surface area (Å²) >= 11 is 0. The summed E-state index contributed by atoms with van der Waals surface area (Å²) in [6.45, 7) is 0. The number of rotatable bonds is 2. The lowest BCUT2D eigenvalue weighted by Crippen LogP contribution is -2.04.